The number of esters is 1. The zero-order valence-electron chi connectivity index (χ0n) is 20.3. The van der Waals surface area contributed by atoms with E-state index in [9.17, 15) is 9.59 Å². The van der Waals surface area contributed by atoms with Crippen LogP contribution < -0.4 is 10.1 Å². The normalized spacial score (nSPS) is 11.6. The van der Waals surface area contributed by atoms with Crippen molar-refractivity contribution in [1.29, 1.82) is 0 Å². The lowest BCUT2D eigenvalue weighted by Gasteiger charge is -2.20. The van der Waals surface area contributed by atoms with Crippen molar-refractivity contribution in [3.05, 3.63) is 114 Å². The van der Waals surface area contributed by atoms with E-state index < -0.39 is 18.0 Å². The van der Waals surface area contributed by atoms with Gasteiger partial charge in [0.15, 0.2) is 5.76 Å². The minimum absolute atomic E-state index is 0.277. The molecule has 1 N–H and O–H groups in total. The van der Waals surface area contributed by atoms with E-state index in [1.807, 2.05) is 37.3 Å². The monoisotopic (exact) mass is 492 g/mol. The van der Waals surface area contributed by atoms with Gasteiger partial charge >= 0.3 is 5.97 Å². The largest absolute Gasteiger partial charge is 0.495 e. The zero-order valence-corrected chi connectivity index (χ0v) is 20.3. The molecule has 0 aliphatic rings. The predicted octanol–water partition coefficient (Wildman–Crippen LogP) is 6.35. The second kappa shape index (κ2) is 10.4. The van der Waals surface area contributed by atoms with E-state index >= 15 is 0 Å². The van der Waals surface area contributed by atoms with Crippen LogP contribution in [-0.4, -0.2) is 24.0 Å². The molecule has 2 heterocycles. The number of carbonyl (C=O) groups is 2. The Morgan fingerprint density at radius 3 is 2.46 bits per heavy atom. The summed E-state index contributed by atoms with van der Waals surface area (Å²) < 4.78 is 16.8. The summed E-state index contributed by atoms with van der Waals surface area (Å²) in [5.41, 5.74) is 3.33. The molecule has 1 amide bonds. The summed E-state index contributed by atoms with van der Waals surface area (Å²) in [6.07, 6.45) is 0.331. The van der Waals surface area contributed by atoms with Crippen LogP contribution in [0.15, 0.2) is 102 Å². The maximum Gasteiger partial charge on any atom is 0.340 e. The number of hydrogen-bond donors (Lipinski definition) is 1. The molecule has 7 nitrogen and oxygen atoms in total. The summed E-state index contributed by atoms with van der Waals surface area (Å²) in [7, 11) is 1.53. The number of fused-ring (bicyclic) bond motifs is 1. The number of hydrogen-bond acceptors (Lipinski definition) is 6. The summed E-state index contributed by atoms with van der Waals surface area (Å²) in [6.45, 7) is 1.91. The maximum atomic E-state index is 13.6. The number of pyridine rings is 1. The fourth-order valence-electron chi connectivity index (χ4n) is 4.08. The van der Waals surface area contributed by atoms with Crippen molar-refractivity contribution in [3.63, 3.8) is 0 Å². The van der Waals surface area contributed by atoms with Crippen molar-refractivity contribution in [3.8, 4) is 17.2 Å². The Labute approximate surface area is 213 Å². The van der Waals surface area contributed by atoms with Crippen LogP contribution in [0.2, 0.25) is 0 Å². The molecule has 5 rings (SSSR count). The van der Waals surface area contributed by atoms with Gasteiger partial charge in [-0.15, -0.1) is 0 Å². The smallest absolute Gasteiger partial charge is 0.340 e. The topological polar surface area (TPSA) is 90.7 Å². The molecule has 3 aromatic carbocycles. The van der Waals surface area contributed by atoms with Crippen LogP contribution in [-0.2, 0) is 9.53 Å². The molecular formula is C30H24N2O5. The molecule has 0 radical (unpaired) electrons. The number of aryl methyl sites for hydroxylation is 1. The van der Waals surface area contributed by atoms with Crippen LogP contribution in [0.3, 0.4) is 0 Å². The minimum atomic E-state index is -1.21. The summed E-state index contributed by atoms with van der Waals surface area (Å²) in [4.78, 5) is 31.7. The van der Waals surface area contributed by atoms with Gasteiger partial charge in [0, 0.05) is 10.9 Å². The van der Waals surface area contributed by atoms with Crippen LogP contribution in [0.5, 0.6) is 5.75 Å². The number of furan rings is 1. The number of nitrogens with one attached hydrogen (secondary N) is 1. The van der Waals surface area contributed by atoms with Gasteiger partial charge in [-0.1, -0.05) is 54.6 Å². The number of anilines is 1. The molecule has 184 valence electrons. The first-order valence-electron chi connectivity index (χ1n) is 11.7. The number of amides is 1. The lowest BCUT2D eigenvalue weighted by molar-refractivity contribution is -0.125. The summed E-state index contributed by atoms with van der Waals surface area (Å²) >= 11 is 0. The molecule has 2 aromatic heterocycles. The summed E-state index contributed by atoms with van der Waals surface area (Å²) in [5, 5.41) is 3.47. The summed E-state index contributed by atoms with van der Waals surface area (Å²) in [5.74, 6) is -0.149. The number of ether oxygens (including phenoxy) is 2. The number of nitrogens with zero attached hydrogens (tertiary/aromatic N) is 1. The number of carbonyl (C=O) groups excluding carboxylic acids is 2. The molecule has 1 unspecified atom stereocenters. The third-order valence-electron chi connectivity index (χ3n) is 5.89. The lowest BCUT2D eigenvalue weighted by atomic mass is 10.1. The average Bonchev–Trinajstić information content (AvgIpc) is 3.47. The third-order valence-corrected chi connectivity index (χ3v) is 5.89. The Bertz CT molecular complexity index is 1560. The molecule has 0 bridgehead atoms. The van der Waals surface area contributed by atoms with Crippen molar-refractivity contribution >= 4 is 28.5 Å². The van der Waals surface area contributed by atoms with Crippen LogP contribution >= 0.6 is 0 Å². The van der Waals surface area contributed by atoms with Crippen molar-refractivity contribution in [1.82, 2.24) is 4.98 Å². The Kier molecular flexibility index (Phi) is 6.68. The molecule has 7 heteroatoms. The second-order valence-corrected chi connectivity index (χ2v) is 8.44. The maximum absolute atomic E-state index is 13.6. The quantitative estimate of drug-likeness (QED) is 0.266. The average molecular weight is 493 g/mol. The standard InChI is InChI=1S/C30H24N2O5/c1-19-14-15-26(35-2)24(17-19)32-29(33)28(20-9-4-3-5-10-20)37-30(34)22-18-25(27-13-8-16-36-27)31-23-12-7-6-11-21(22)23/h3-18,28H,1-2H3,(H,32,33). The van der Waals surface area contributed by atoms with Gasteiger partial charge in [-0.2, -0.15) is 0 Å². The van der Waals surface area contributed by atoms with Gasteiger partial charge in [-0.25, -0.2) is 9.78 Å². The number of para-hydroxylation sites is 1. The number of benzene rings is 3. The second-order valence-electron chi connectivity index (χ2n) is 8.44. The molecule has 0 saturated carbocycles. The fraction of sp³-hybridized carbons (Fsp3) is 0.100. The van der Waals surface area contributed by atoms with Crippen molar-refractivity contribution in [2.24, 2.45) is 0 Å². The highest BCUT2D eigenvalue weighted by Crippen LogP contribution is 2.30. The highest BCUT2D eigenvalue weighted by atomic mass is 16.5. The first-order valence-corrected chi connectivity index (χ1v) is 11.7. The van der Waals surface area contributed by atoms with Gasteiger partial charge in [-0.3, -0.25) is 4.79 Å². The Hall–Kier alpha value is -4.91. The van der Waals surface area contributed by atoms with E-state index in [0.717, 1.165) is 5.56 Å². The molecule has 37 heavy (non-hydrogen) atoms. The van der Waals surface area contributed by atoms with Gasteiger partial charge in [0.2, 0.25) is 6.10 Å². The minimum Gasteiger partial charge on any atom is -0.495 e. The van der Waals surface area contributed by atoms with Crippen LogP contribution in [0.1, 0.15) is 27.6 Å². The number of rotatable bonds is 7. The van der Waals surface area contributed by atoms with Crippen LogP contribution in [0, 0.1) is 6.92 Å². The van der Waals surface area contributed by atoms with E-state index in [4.69, 9.17) is 13.9 Å². The van der Waals surface area contributed by atoms with Crippen molar-refractivity contribution in [2.45, 2.75) is 13.0 Å². The SMILES string of the molecule is COc1ccc(C)cc1NC(=O)C(OC(=O)c1cc(-c2ccco2)nc2ccccc12)c1ccccc1. The first kappa shape index (κ1) is 23.8. The zero-order chi connectivity index (χ0) is 25.8. The first-order chi connectivity index (χ1) is 18.0. The van der Waals surface area contributed by atoms with Gasteiger partial charge in [0.05, 0.1) is 30.1 Å². The molecule has 0 aliphatic carbocycles. The van der Waals surface area contributed by atoms with Crippen LogP contribution in [0.25, 0.3) is 22.4 Å². The molecule has 5 aromatic rings. The van der Waals surface area contributed by atoms with E-state index in [1.165, 1.54) is 7.11 Å². The third kappa shape index (κ3) is 5.06. The van der Waals surface area contributed by atoms with Gasteiger partial charge < -0.3 is 19.2 Å². The number of aromatic nitrogens is 1. The summed E-state index contributed by atoms with van der Waals surface area (Å²) in [6, 6.07) is 26.7. The lowest BCUT2D eigenvalue weighted by Crippen LogP contribution is -2.26. The molecule has 0 aliphatic heterocycles. The molecule has 0 fully saturated rings. The van der Waals surface area contributed by atoms with E-state index in [-0.39, 0.29) is 5.56 Å². The highest BCUT2D eigenvalue weighted by Gasteiger charge is 2.28. The van der Waals surface area contributed by atoms with E-state index in [2.05, 4.69) is 10.3 Å². The Morgan fingerprint density at radius 2 is 1.70 bits per heavy atom. The van der Waals surface area contributed by atoms with Gasteiger partial charge in [0.25, 0.3) is 5.91 Å². The van der Waals surface area contributed by atoms with E-state index in [1.54, 1.807) is 66.9 Å². The molecular weight excluding hydrogens is 468 g/mol. The van der Waals surface area contributed by atoms with Crippen LogP contribution in [0.4, 0.5) is 5.69 Å². The fourth-order valence-corrected chi connectivity index (χ4v) is 4.08. The van der Waals surface area contributed by atoms with Crippen molar-refractivity contribution in [2.75, 3.05) is 12.4 Å². The molecule has 1 atom stereocenters. The van der Waals surface area contributed by atoms with Gasteiger partial charge in [-0.05, 0) is 48.9 Å². The Balaban J connectivity index is 1.52. The highest BCUT2D eigenvalue weighted by molar-refractivity contribution is 6.06. The predicted molar refractivity (Wildman–Crippen MR) is 140 cm³/mol. The Morgan fingerprint density at radius 1 is 0.919 bits per heavy atom. The molecule has 0 saturated heterocycles. The van der Waals surface area contributed by atoms with Gasteiger partial charge in [0.1, 0.15) is 11.4 Å². The molecule has 0 spiro atoms. The van der Waals surface area contributed by atoms with Crippen molar-refractivity contribution < 1.29 is 23.5 Å². The van der Waals surface area contributed by atoms with E-state index in [0.29, 0.717) is 39.4 Å². The number of methoxy groups -OCH3 is 1.